The number of benzene rings is 1. The van der Waals surface area contributed by atoms with Gasteiger partial charge in [-0.05, 0) is 18.1 Å². The summed E-state index contributed by atoms with van der Waals surface area (Å²) in [5, 5.41) is 0. The van der Waals surface area contributed by atoms with Crippen LogP contribution in [0.3, 0.4) is 0 Å². The van der Waals surface area contributed by atoms with Crippen LogP contribution in [0.4, 0.5) is 20.2 Å². The fraction of sp³-hybridized carbons (Fsp3) is 0.462. The molecule has 0 amide bonds. The summed E-state index contributed by atoms with van der Waals surface area (Å²) in [6.07, 6.45) is -0.491. The number of anilines is 2. The van der Waals surface area contributed by atoms with E-state index in [1.54, 1.807) is 6.07 Å². The van der Waals surface area contributed by atoms with E-state index in [0.29, 0.717) is 12.2 Å². The van der Waals surface area contributed by atoms with Crippen LogP contribution in [0.5, 0.6) is 0 Å². The van der Waals surface area contributed by atoms with Crippen LogP contribution in [-0.4, -0.2) is 31.1 Å². The van der Waals surface area contributed by atoms with E-state index in [1.807, 2.05) is 17.0 Å². The smallest absolute Gasteiger partial charge is 0.377 e. The van der Waals surface area contributed by atoms with Crippen molar-refractivity contribution < 1.29 is 18.3 Å². The van der Waals surface area contributed by atoms with Crippen LogP contribution in [0, 0.1) is 0 Å². The molecular weight excluding hydrogens is 254 g/mol. The average molecular weight is 268 g/mol. The molecule has 1 fully saturated rings. The van der Waals surface area contributed by atoms with Crippen LogP contribution in [0.1, 0.15) is 12.0 Å². The molecule has 1 aromatic carbocycles. The molecule has 3 rings (SSSR count). The first-order valence-corrected chi connectivity index (χ1v) is 6.18. The second kappa shape index (κ2) is 4.08. The van der Waals surface area contributed by atoms with Gasteiger partial charge < -0.3 is 15.4 Å². The number of rotatable bonds is 2. The van der Waals surface area contributed by atoms with Gasteiger partial charge in [0, 0.05) is 6.54 Å². The number of fused-ring (bicyclic) bond motifs is 1. The minimum absolute atomic E-state index is 0.266. The highest BCUT2D eigenvalue weighted by molar-refractivity contribution is 5.80. The van der Waals surface area contributed by atoms with E-state index in [9.17, 15) is 13.6 Å². The van der Waals surface area contributed by atoms with Crippen molar-refractivity contribution in [3.8, 4) is 0 Å². The largest absolute Gasteiger partial charge is 0.456 e. The summed E-state index contributed by atoms with van der Waals surface area (Å²) < 4.78 is 31.0. The first-order chi connectivity index (χ1) is 8.97. The highest BCUT2D eigenvalue weighted by Gasteiger charge is 2.51. The number of ether oxygens (including phenoxy) is 1. The summed E-state index contributed by atoms with van der Waals surface area (Å²) in [6.45, 7) is 0.978. The van der Waals surface area contributed by atoms with Gasteiger partial charge in [-0.25, -0.2) is 4.79 Å². The van der Waals surface area contributed by atoms with Gasteiger partial charge in [-0.2, -0.15) is 8.78 Å². The Labute approximate surface area is 109 Å². The standard InChI is InChI=1S/C13H14F2N2O2/c14-13(15)6-9(19-12(13)18)7-17-5-4-8-2-1-3-10(16)11(8)17/h1-3,9H,4-7,16H2. The van der Waals surface area contributed by atoms with Gasteiger partial charge in [0.1, 0.15) is 6.10 Å². The minimum Gasteiger partial charge on any atom is -0.456 e. The van der Waals surface area contributed by atoms with E-state index in [2.05, 4.69) is 0 Å². The third-order valence-electron chi connectivity index (χ3n) is 3.60. The molecule has 0 radical (unpaired) electrons. The van der Waals surface area contributed by atoms with Crippen molar-refractivity contribution in [1.29, 1.82) is 0 Å². The van der Waals surface area contributed by atoms with Crippen LogP contribution >= 0.6 is 0 Å². The number of nitrogens with zero attached hydrogens (tertiary/aromatic N) is 1. The number of cyclic esters (lactones) is 1. The Bertz CT molecular complexity index is 533. The summed E-state index contributed by atoms with van der Waals surface area (Å²) in [7, 11) is 0. The predicted octanol–water partition coefficient (Wildman–Crippen LogP) is 1.58. The zero-order valence-corrected chi connectivity index (χ0v) is 10.2. The number of carbonyl (C=O) groups is 1. The van der Waals surface area contributed by atoms with Crippen LogP contribution in [0.15, 0.2) is 18.2 Å². The molecule has 19 heavy (non-hydrogen) atoms. The number of para-hydroxylation sites is 1. The van der Waals surface area contributed by atoms with Crippen LogP contribution in [-0.2, 0) is 16.0 Å². The quantitative estimate of drug-likeness (QED) is 0.653. The summed E-state index contributed by atoms with van der Waals surface area (Å²) in [6, 6.07) is 5.63. The Balaban J connectivity index is 1.76. The fourth-order valence-electron chi connectivity index (χ4n) is 2.74. The van der Waals surface area contributed by atoms with Crippen molar-refractivity contribution in [2.75, 3.05) is 23.7 Å². The van der Waals surface area contributed by atoms with Crippen molar-refractivity contribution in [3.63, 3.8) is 0 Å². The van der Waals surface area contributed by atoms with E-state index in [-0.39, 0.29) is 6.54 Å². The molecule has 2 aliphatic heterocycles. The molecule has 1 saturated heterocycles. The number of hydrogen-bond donors (Lipinski definition) is 1. The van der Waals surface area contributed by atoms with E-state index >= 15 is 0 Å². The lowest BCUT2D eigenvalue weighted by molar-refractivity contribution is -0.158. The Morgan fingerprint density at radius 2 is 2.26 bits per heavy atom. The SMILES string of the molecule is Nc1cccc2c1N(CC1CC(F)(F)C(=O)O1)CC2. The Morgan fingerprint density at radius 1 is 1.47 bits per heavy atom. The van der Waals surface area contributed by atoms with Gasteiger partial charge in [-0.15, -0.1) is 0 Å². The van der Waals surface area contributed by atoms with Gasteiger partial charge in [-0.3, -0.25) is 0 Å². The van der Waals surface area contributed by atoms with Gasteiger partial charge in [-0.1, -0.05) is 12.1 Å². The molecule has 102 valence electrons. The van der Waals surface area contributed by atoms with Gasteiger partial charge in [0.15, 0.2) is 0 Å². The lowest BCUT2D eigenvalue weighted by atomic mass is 10.1. The minimum atomic E-state index is -3.35. The van der Waals surface area contributed by atoms with Crippen molar-refractivity contribution >= 4 is 17.3 Å². The number of nitrogen functional groups attached to an aromatic ring is 1. The number of halogens is 2. The molecular formula is C13H14F2N2O2. The van der Waals surface area contributed by atoms with E-state index in [4.69, 9.17) is 10.5 Å². The third-order valence-corrected chi connectivity index (χ3v) is 3.60. The lowest BCUT2D eigenvalue weighted by Gasteiger charge is -2.23. The van der Waals surface area contributed by atoms with E-state index in [0.717, 1.165) is 17.7 Å². The molecule has 6 heteroatoms. The third kappa shape index (κ3) is 2.01. The normalized spacial score (nSPS) is 24.4. The molecule has 0 aromatic heterocycles. The van der Waals surface area contributed by atoms with Crippen molar-refractivity contribution in [1.82, 2.24) is 0 Å². The fourth-order valence-corrected chi connectivity index (χ4v) is 2.74. The Morgan fingerprint density at radius 3 is 2.95 bits per heavy atom. The number of esters is 1. The molecule has 4 nitrogen and oxygen atoms in total. The second-order valence-corrected chi connectivity index (χ2v) is 4.99. The molecule has 0 spiro atoms. The maximum Gasteiger partial charge on any atom is 0.377 e. The van der Waals surface area contributed by atoms with Gasteiger partial charge in [0.25, 0.3) is 0 Å². The van der Waals surface area contributed by atoms with Gasteiger partial charge >= 0.3 is 11.9 Å². The molecule has 1 unspecified atom stereocenters. The monoisotopic (exact) mass is 268 g/mol. The maximum atomic E-state index is 13.1. The molecule has 1 atom stereocenters. The highest BCUT2D eigenvalue weighted by atomic mass is 19.3. The van der Waals surface area contributed by atoms with Crippen LogP contribution < -0.4 is 10.6 Å². The Hall–Kier alpha value is -1.85. The number of carbonyl (C=O) groups excluding carboxylic acids is 1. The van der Waals surface area contributed by atoms with Crippen LogP contribution in [0.25, 0.3) is 0 Å². The average Bonchev–Trinajstić information content (AvgIpc) is 2.83. The lowest BCUT2D eigenvalue weighted by Crippen LogP contribution is -2.31. The van der Waals surface area contributed by atoms with Crippen molar-refractivity contribution in [2.24, 2.45) is 0 Å². The van der Waals surface area contributed by atoms with Crippen molar-refractivity contribution in [2.45, 2.75) is 24.9 Å². The summed E-state index contributed by atoms with van der Waals surface area (Å²) in [5.74, 6) is -4.77. The number of hydrogen-bond acceptors (Lipinski definition) is 4. The van der Waals surface area contributed by atoms with Gasteiger partial charge in [0.05, 0.1) is 24.3 Å². The summed E-state index contributed by atoms with van der Waals surface area (Å²) in [4.78, 5) is 12.9. The van der Waals surface area contributed by atoms with E-state index in [1.165, 1.54) is 0 Å². The molecule has 0 aliphatic carbocycles. The molecule has 2 N–H and O–H groups in total. The zero-order valence-electron chi connectivity index (χ0n) is 10.2. The molecule has 1 aromatic rings. The van der Waals surface area contributed by atoms with E-state index < -0.39 is 24.4 Å². The topological polar surface area (TPSA) is 55.6 Å². The van der Waals surface area contributed by atoms with Gasteiger partial charge in [0.2, 0.25) is 0 Å². The number of nitrogens with two attached hydrogens (primary N) is 1. The zero-order chi connectivity index (χ0) is 13.6. The Kier molecular flexibility index (Phi) is 2.62. The first kappa shape index (κ1) is 12.2. The second-order valence-electron chi connectivity index (χ2n) is 4.99. The predicted molar refractivity (Wildman–Crippen MR) is 66.2 cm³/mol. The molecule has 0 bridgehead atoms. The summed E-state index contributed by atoms with van der Waals surface area (Å²) >= 11 is 0. The molecule has 2 aliphatic rings. The molecule has 0 saturated carbocycles. The highest BCUT2D eigenvalue weighted by Crippen LogP contribution is 2.36. The number of alkyl halides is 2. The summed E-state index contributed by atoms with van der Waals surface area (Å²) in [5.41, 5.74) is 8.54. The van der Waals surface area contributed by atoms with Crippen LogP contribution in [0.2, 0.25) is 0 Å². The maximum absolute atomic E-state index is 13.1. The first-order valence-electron chi connectivity index (χ1n) is 6.18. The molecule has 2 heterocycles. The van der Waals surface area contributed by atoms with Crippen molar-refractivity contribution in [3.05, 3.63) is 23.8 Å².